The molecule has 0 unspecified atom stereocenters. The molecular weight excluding hydrogens is 441 g/mol. The predicted octanol–water partition coefficient (Wildman–Crippen LogP) is 3.82. The second-order valence-corrected chi connectivity index (χ2v) is 6.85. The van der Waals surface area contributed by atoms with Crippen molar-refractivity contribution < 1.29 is 27.4 Å². The first kappa shape index (κ1) is 22.1. The molecule has 0 saturated heterocycles. The van der Waals surface area contributed by atoms with E-state index in [-0.39, 0.29) is 35.4 Å². The van der Waals surface area contributed by atoms with Crippen LogP contribution in [-0.2, 0) is 6.54 Å². The summed E-state index contributed by atoms with van der Waals surface area (Å²) in [5.74, 6) is 0.515. The van der Waals surface area contributed by atoms with Crippen LogP contribution < -0.4 is 19.8 Å². The number of rotatable bonds is 6. The zero-order chi connectivity index (χ0) is 23.6. The molecule has 0 aliphatic heterocycles. The van der Waals surface area contributed by atoms with E-state index < -0.39 is 6.36 Å². The number of nitrogens with zero attached hydrogens (tertiary/aromatic N) is 4. The zero-order valence-corrected chi connectivity index (χ0v) is 17.5. The Balaban J connectivity index is 1.67. The first-order valence-corrected chi connectivity index (χ1v) is 9.58. The third-order valence-corrected chi connectivity index (χ3v) is 4.71. The highest BCUT2D eigenvalue weighted by Gasteiger charge is 2.31. The molecule has 0 amide bonds. The lowest BCUT2D eigenvalue weighted by Gasteiger charge is -2.10. The largest absolute Gasteiger partial charge is 0.573 e. The molecule has 0 N–H and O–H groups in total. The number of hydrogen-bond donors (Lipinski definition) is 0. The van der Waals surface area contributed by atoms with Gasteiger partial charge < -0.3 is 14.2 Å². The smallest absolute Gasteiger partial charge is 0.481 e. The van der Waals surface area contributed by atoms with Crippen molar-refractivity contribution >= 4 is 10.8 Å². The SMILES string of the molecule is COc1cc(OC)nc(Cn2ncc3ccc(-c4ccc(OC(F)(F)F)cc4)cc3c2=O)n1. The molecule has 33 heavy (non-hydrogen) atoms. The van der Waals surface area contributed by atoms with Gasteiger partial charge >= 0.3 is 6.36 Å². The average Bonchev–Trinajstić information content (AvgIpc) is 2.80. The normalized spacial score (nSPS) is 11.4. The van der Waals surface area contributed by atoms with Gasteiger partial charge in [-0.2, -0.15) is 15.1 Å². The van der Waals surface area contributed by atoms with Crippen molar-refractivity contribution in [3.63, 3.8) is 0 Å². The van der Waals surface area contributed by atoms with Gasteiger partial charge in [0.25, 0.3) is 5.56 Å². The molecule has 0 atom stereocenters. The lowest BCUT2D eigenvalue weighted by Crippen LogP contribution is -2.24. The first-order valence-electron chi connectivity index (χ1n) is 9.58. The van der Waals surface area contributed by atoms with Gasteiger partial charge in [-0.25, -0.2) is 4.68 Å². The number of hydrogen-bond acceptors (Lipinski definition) is 7. The van der Waals surface area contributed by atoms with Crippen LogP contribution in [0.3, 0.4) is 0 Å². The summed E-state index contributed by atoms with van der Waals surface area (Å²) < 4.78 is 52.5. The maximum Gasteiger partial charge on any atom is 0.573 e. The second-order valence-electron chi connectivity index (χ2n) is 6.85. The Morgan fingerprint density at radius 2 is 1.55 bits per heavy atom. The van der Waals surface area contributed by atoms with Gasteiger partial charge in [0.2, 0.25) is 11.8 Å². The number of fused-ring (bicyclic) bond motifs is 1. The topological polar surface area (TPSA) is 88.4 Å². The third kappa shape index (κ3) is 5.03. The lowest BCUT2D eigenvalue weighted by molar-refractivity contribution is -0.274. The lowest BCUT2D eigenvalue weighted by atomic mass is 10.0. The Morgan fingerprint density at radius 3 is 2.15 bits per heavy atom. The number of halogens is 3. The minimum absolute atomic E-state index is 0.0178. The molecule has 2 aromatic carbocycles. The Hall–Kier alpha value is -4.15. The number of ether oxygens (including phenoxy) is 3. The fraction of sp³-hybridized carbons (Fsp3) is 0.182. The molecule has 0 fully saturated rings. The molecule has 0 aliphatic carbocycles. The maximum atomic E-state index is 13.1. The van der Waals surface area contributed by atoms with Gasteiger partial charge in [0, 0.05) is 5.39 Å². The fourth-order valence-electron chi connectivity index (χ4n) is 3.18. The van der Waals surface area contributed by atoms with Crippen LogP contribution >= 0.6 is 0 Å². The van der Waals surface area contributed by atoms with E-state index in [2.05, 4.69) is 19.8 Å². The summed E-state index contributed by atoms with van der Waals surface area (Å²) in [5.41, 5.74) is 0.891. The fourth-order valence-corrected chi connectivity index (χ4v) is 3.18. The van der Waals surface area contributed by atoms with E-state index in [1.165, 1.54) is 55.4 Å². The van der Waals surface area contributed by atoms with Gasteiger partial charge in [0.1, 0.15) is 12.3 Å². The van der Waals surface area contributed by atoms with Crippen LogP contribution in [0.4, 0.5) is 13.2 Å². The predicted molar refractivity (Wildman–Crippen MR) is 112 cm³/mol. The van der Waals surface area contributed by atoms with Crippen LogP contribution in [0, 0.1) is 0 Å². The molecule has 0 saturated carbocycles. The van der Waals surface area contributed by atoms with E-state index in [0.717, 1.165) is 0 Å². The monoisotopic (exact) mass is 458 g/mol. The summed E-state index contributed by atoms with van der Waals surface area (Å²) in [5, 5.41) is 5.17. The summed E-state index contributed by atoms with van der Waals surface area (Å²) in [4.78, 5) is 21.5. The molecule has 0 aliphatic rings. The first-order chi connectivity index (χ1) is 15.8. The minimum Gasteiger partial charge on any atom is -0.481 e. The highest BCUT2D eigenvalue weighted by molar-refractivity contribution is 5.86. The third-order valence-electron chi connectivity index (χ3n) is 4.71. The van der Waals surface area contributed by atoms with Crippen LogP contribution in [0.15, 0.2) is 59.5 Å². The van der Waals surface area contributed by atoms with E-state index in [1.54, 1.807) is 18.2 Å². The Kier molecular flexibility index (Phi) is 5.86. The molecule has 0 radical (unpaired) electrons. The van der Waals surface area contributed by atoms with E-state index in [0.29, 0.717) is 21.9 Å². The number of alkyl halides is 3. The van der Waals surface area contributed by atoms with Crippen LogP contribution in [0.25, 0.3) is 21.9 Å². The van der Waals surface area contributed by atoms with E-state index in [4.69, 9.17) is 9.47 Å². The van der Waals surface area contributed by atoms with Gasteiger partial charge in [-0.3, -0.25) is 4.79 Å². The molecule has 8 nitrogen and oxygen atoms in total. The minimum atomic E-state index is -4.76. The molecule has 0 bridgehead atoms. The molecule has 11 heteroatoms. The van der Waals surface area contributed by atoms with Crippen molar-refractivity contribution in [1.82, 2.24) is 19.7 Å². The molecule has 2 aromatic heterocycles. The van der Waals surface area contributed by atoms with Crippen molar-refractivity contribution in [2.45, 2.75) is 12.9 Å². The van der Waals surface area contributed by atoms with Gasteiger partial charge in [0.15, 0.2) is 5.82 Å². The number of benzene rings is 2. The Morgan fingerprint density at radius 1 is 0.909 bits per heavy atom. The second kappa shape index (κ2) is 8.77. The molecule has 4 aromatic rings. The standard InChI is InChI=1S/C22H17F3N4O4/c1-31-19-10-20(32-2)28-18(27-19)12-29-21(30)17-9-14(3-4-15(17)11-26-29)13-5-7-16(8-6-13)33-22(23,24)25/h3-11H,12H2,1-2H3. The molecule has 4 rings (SSSR count). The summed E-state index contributed by atoms with van der Waals surface area (Å²) in [6, 6.07) is 12.0. The van der Waals surface area contributed by atoms with Crippen molar-refractivity contribution in [3.05, 3.63) is 70.9 Å². The van der Waals surface area contributed by atoms with Crippen molar-refractivity contribution in [3.8, 4) is 28.6 Å². The van der Waals surface area contributed by atoms with Gasteiger partial charge in [-0.1, -0.05) is 24.3 Å². The van der Waals surface area contributed by atoms with Crippen LogP contribution in [0.2, 0.25) is 0 Å². The van der Waals surface area contributed by atoms with Crippen LogP contribution in [0.1, 0.15) is 5.82 Å². The summed E-state index contributed by atoms with van der Waals surface area (Å²) in [6.07, 6.45) is -3.22. The van der Waals surface area contributed by atoms with E-state index in [1.807, 2.05) is 0 Å². The van der Waals surface area contributed by atoms with Gasteiger partial charge in [-0.15, -0.1) is 13.2 Å². The zero-order valence-electron chi connectivity index (χ0n) is 17.5. The summed E-state index contributed by atoms with van der Waals surface area (Å²) in [7, 11) is 2.91. The summed E-state index contributed by atoms with van der Waals surface area (Å²) in [6.45, 7) is -0.0178. The highest BCUT2D eigenvalue weighted by Crippen LogP contribution is 2.27. The Labute approximate surface area is 185 Å². The summed E-state index contributed by atoms with van der Waals surface area (Å²) >= 11 is 0. The number of aromatic nitrogens is 4. The highest BCUT2D eigenvalue weighted by atomic mass is 19.4. The van der Waals surface area contributed by atoms with Gasteiger partial charge in [-0.05, 0) is 29.3 Å². The quantitative estimate of drug-likeness (QED) is 0.434. The molecule has 170 valence electrons. The van der Waals surface area contributed by atoms with Crippen LogP contribution in [-0.4, -0.2) is 40.3 Å². The average molecular weight is 458 g/mol. The Bertz CT molecular complexity index is 1330. The molecular formula is C22H17F3N4O4. The van der Waals surface area contributed by atoms with Crippen molar-refractivity contribution in [1.29, 1.82) is 0 Å². The number of methoxy groups -OCH3 is 2. The van der Waals surface area contributed by atoms with Crippen molar-refractivity contribution in [2.24, 2.45) is 0 Å². The van der Waals surface area contributed by atoms with E-state index >= 15 is 0 Å². The van der Waals surface area contributed by atoms with E-state index in [9.17, 15) is 18.0 Å². The molecule has 0 spiro atoms. The molecule has 2 heterocycles. The van der Waals surface area contributed by atoms with Crippen molar-refractivity contribution in [2.75, 3.05) is 14.2 Å². The maximum absolute atomic E-state index is 13.1. The van der Waals surface area contributed by atoms with Crippen LogP contribution in [0.5, 0.6) is 17.5 Å². The van der Waals surface area contributed by atoms with Gasteiger partial charge in [0.05, 0.1) is 31.9 Å².